The molecule has 2 aliphatic heterocycles. The minimum absolute atomic E-state index is 0.00276. The van der Waals surface area contributed by atoms with Crippen molar-refractivity contribution in [3.05, 3.63) is 22.3 Å². The molecule has 4 N–H and O–H groups in total. The van der Waals surface area contributed by atoms with Gasteiger partial charge in [0.25, 0.3) is 11.8 Å². The van der Waals surface area contributed by atoms with Gasteiger partial charge in [0, 0.05) is 23.7 Å². The molecule has 12 nitrogen and oxygen atoms in total. The molecule has 3 heterocycles. The number of nitrogens with zero attached hydrogens (tertiary/aromatic N) is 3. The van der Waals surface area contributed by atoms with E-state index in [0.717, 1.165) is 11.3 Å². The minimum atomic E-state index is -1.02. The highest BCUT2D eigenvalue weighted by atomic mass is 32.2. The van der Waals surface area contributed by atoms with Gasteiger partial charge in [0.2, 0.25) is 0 Å². The van der Waals surface area contributed by atoms with Gasteiger partial charge in [-0.3, -0.25) is 19.3 Å². The van der Waals surface area contributed by atoms with E-state index in [1.807, 2.05) is 0 Å². The Bertz CT molecular complexity index is 1110. The highest BCUT2D eigenvalue weighted by Gasteiger charge is 2.55. The zero-order valence-electron chi connectivity index (χ0n) is 19.9. The zero-order valence-corrected chi connectivity index (χ0v) is 21.5. The van der Waals surface area contributed by atoms with E-state index in [1.54, 1.807) is 20.8 Å². The first-order valence-corrected chi connectivity index (χ1v) is 12.5. The summed E-state index contributed by atoms with van der Waals surface area (Å²) in [4.78, 5) is 56.5. The van der Waals surface area contributed by atoms with Gasteiger partial charge in [-0.05, 0) is 12.5 Å². The molecule has 14 heteroatoms. The van der Waals surface area contributed by atoms with Crippen LogP contribution in [0.1, 0.15) is 33.4 Å². The Morgan fingerprint density at radius 3 is 2.63 bits per heavy atom. The van der Waals surface area contributed by atoms with E-state index in [0.29, 0.717) is 11.3 Å². The van der Waals surface area contributed by atoms with Crippen molar-refractivity contribution in [1.82, 2.24) is 15.2 Å². The summed E-state index contributed by atoms with van der Waals surface area (Å²) in [6.07, 6.45) is -1.02. The fourth-order valence-electron chi connectivity index (χ4n) is 3.66. The number of rotatable bonds is 8. The van der Waals surface area contributed by atoms with Crippen molar-refractivity contribution < 1.29 is 33.9 Å². The number of nitrogens with one attached hydrogen (secondary N) is 1. The van der Waals surface area contributed by atoms with E-state index >= 15 is 0 Å². The molecule has 190 valence electrons. The first kappa shape index (κ1) is 26.6. The molecule has 2 amide bonds. The summed E-state index contributed by atoms with van der Waals surface area (Å²) in [5.74, 6) is -2.12. The van der Waals surface area contributed by atoms with E-state index in [-0.39, 0.29) is 28.9 Å². The summed E-state index contributed by atoms with van der Waals surface area (Å²) in [5.41, 5.74) is 5.06. The number of amides is 2. The number of anilines is 1. The third-order valence-electron chi connectivity index (χ3n) is 5.32. The Labute approximate surface area is 209 Å². The maximum atomic E-state index is 13.1. The highest BCUT2D eigenvalue weighted by Crippen LogP contribution is 2.41. The number of oxime groups is 1. The Balaban J connectivity index is 1.78. The van der Waals surface area contributed by atoms with Crippen molar-refractivity contribution in [2.24, 2.45) is 10.6 Å². The number of esters is 1. The molecule has 1 aromatic rings. The monoisotopic (exact) mass is 525 g/mol. The van der Waals surface area contributed by atoms with Crippen LogP contribution in [0, 0.1) is 5.41 Å². The number of hydrogen-bond donors (Lipinski definition) is 3. The molecule has 0 bridgehead atoms. The van der Waals surface area contributed by atoms with Crippen molar-refractivity contribution in [2.75, 3.05) is 25.2 Å². The van der Waals surface area contributed by atoms with Crippen LogP contribution < -0.4 is 11.1 Å². The number of thiazole rings is 1. The van der Waals surface area contributed by atoms with Crippen LogP contribution in [0.25, 0.3) is 0 Å². The lowest BCUT2D eigenvalue weighted by Gasteiger charge is -2.49. The molecule has 0 saturated carbocycles. The van der Waals surface area contributed by atoms with Crippen molar-refractivity contribution in [3.63, 3.8) is 0 Å². The average molecular weight is 526 g/mol. The number of carbonyl (C=O) groups excluding carboxylic acids is 4. The maximum Gasteiger partial charge on any atom is 0.355 e. The van der Waals surface area contributed by atoms with E-state index in [2.05, 4.69) is 15.5 Å². The second kappa shape index (κ2) is 10.3. The Kier molecular flexibility index (Phi) is 7.87. The first-order valence-electron chi connectivity index (χ1n) is 10.6. The van der Waals surface area contributed by atoms with E-state index in [4.69, 9.17) is 15.2 Å². The molecule has 0 spiro atoms. The number of nitrogens with two attached hydrogens (primary N) is 1. The van der Waals surface area contributed by atoms with Gasteiger partial charge in [-0.15, -0.1) is 23.1 Å². The first-order chi connectivity index (χ1) is 16.4. The summed E-state index contributed by atoms with van der Waals surface area (Å²) in [6.45, 7) is 6.73. The molecule has 1 saturated heterocycles. The van der Waals surface area contributed by atoms with Crippen LogP contribution in [0.4, 0.5) is 5.13 Å². The van der Waals surface area contributed by atoms with Crippen molar-refractivity contribution in [1.29, 1.82) is 0 Å². The van der Waals surface area contributed by atoms with Crippen molar-refractivity contribution in [2.45, 2.75) is 45.2 Å². The summed E-state index contributed by atoms with van der Waals surface area (Å²) in [7, 11) is 1.46. The van der Waals surface area contributed by atoms with Gasteiger partial charge in [0.05, 0.1) is 6.61 Å². The largest absolute Gasteiger partial charge is 0.450 e. The summed E-state index contributed by atoms with van der Waals surface area (Å²) in [6, 6.07) is -0.985. The number of ether oxygens (including phenoxy) is 2. The lowest BCUT2D eigenvalue weighted by Crippen LogP contribution is -2.71. The SMILES string of the molecule is COCC1=C(C(=O)OC(C)C(=O)C(C)(C)C)N2C(=O)C(NC(=O)/C(=N\O)c3csc(N)n3)[C@H]2SC1. The molecule has 35 heavy (non-hydrogen) atoms. The lowest BCUT2D eigenvalue weighted by molar-refractivity contribution is -0.159. The second-order valence-electron chi connectivity index (χ2n) is 8.93. The van der Waals surface area contributed by atoms with Gasteiger partial charge < -0.3 is 25.7 Å². The molecule has 1 fully saturated rings. The predicted octanol–water partition coefficient (Wildman–Crippen LogP) is 0.751. The summed E-state index contributed by atoms with van der Waals surface area (Å²) < 4.78 is 10.6. The minimum Gasteiger partial charge on any atom is -0.450 e. The number of methoxy groups -OCH3 is 1. The third kappa shape index (κ3) is 5.33. The van der Waals surface area contributed by atoms with Crippen molar-refractivity contribution in [3.8, 4) is 0 Å². The van der Waals surface area contributed by atoms with Crippen LogP contribution in [0.5, 0.6) is 0 Å². The number of ketones is 1. The number of hydrogen-bond acceptors (Lipinski definition) is 12. The second-order valence-corrected chi connectivity index (χ2v) is 10.9. The Morgan fingerprint density at radius 2 is 2.09 bits per heavy atom. The van der Waals surface area contributed by atoms with E-state index in [1.165, 1.54) is 36.1 Å². The summed E-state index contributed by atoms with van der Waals surface area (Å²) >= 11 is 2.39. The van der Waals surface area contributed by atoms with Crippen LogP contribution >= 0.6 is 23.1 Å². The molecule has 0 aromatic carbocycles. The lowest BCUT2D eigenvalue weighted by atomic mass is 9.88. The number of thioether (sulfide) groups is 1. The van der Waals surface area contributed by atoms with Crippen LogP contribution in [0.2, 0.25) is 0 Å². The Morgan fingerprint density at radius 1 is 1.40 bits per heavy atom. The predicted molar refractivity (Wildman–Crippen MR) is 129 cm³/mol. The van der Waals surface area contributed by atoms with Crippen molar-refractivity contribution >= 4 is 57.5 Å². The van der Waals surface area contributed by atoms with Gasteiger partial charge in [0.15, 0.2) is 22.7 Å². The maximum absolute atomic E-state index is 13.1. The number of Topliss-reactive ketones (excluding diaryl/α,β-unsaturated/α-hetero) is 1. The van der Waals surface area contributed by atoms with Gasteiger partial charge in [-0.1, -0.05) is 25.9 Å². The third-order valence-corrected chi connectivity index (χ3v) is 7.33. The average Bonchev–Trinajstić information content (AvgIpc) is 3.22. The molecule has 3 atom stereocenters. The molecule has 3 rings (SSSR count). The van der Waals surface area contributed by atoms with E-state index < -0.39 is 46.4 Å². The molecule has 0 aliphatic carbocycles. The molecular formula is C21H27N5O7S2. The van der Waals surface area contributed by atoms with E-state index in [9.17, 15) is 24.4 Å². The Hall–Kier alpha value is -2.97. The highest BCUT2D eigenvalue weighted by molar-refractivity contribution is 8.00. The number of fused-ring (bicyclic) bond motifs is 1. The van der Waals surface area contributed by atoms with Crippen LogP contribution in [-0.2, 0) is 28.7 Å². The fraction of sp³-hybridized carbons (Fsp3) is 0.524. The molecule has 1 aromatic heterocycles. The summed E-state index contributed by atoms with van der Waals surface area (Å²) in [5, 5.41) is 15.8. The van der Waals surface area contributed by atoms with Crippen LogP contribution in [-0.4, -0.2) is 81.4 Å². The number of carbonyl (C=O) groups is 4. The fourth-order valence-corrected chi connectivity index (χ4v) is 5.53. The standard InChI is InChI=1S/C21H27N5O7S2/c1-9(15(27)21(2,3)4)33-19(30)14-10(6-32-5)7-34-18-13(17(29)26(14)18)24-16(28)12(25-31)11-8-35-20(22)23-11/h8-9,13,18,31H,6-7H2,1-5H3,(H2,22,23)(H,24,28)/b25-12-/t9?,13?,18-/m1/s1. The molecule has 0 radical (unpaired) electrons. The molecule has 2 unspecified atom stereocenters. The number of aromatic nitrogens is 1. The van der Waals surface area contributed by atoms with Crippen LogP contribution in [0.15, 0.2) is 21.8 Å². The molecular weight excluding hydrogens is 498 g/mol. The van der Waals surface area contributed by atoms with Gasteiger partial charge in [0.1, 0.15) is 22.8 Å². The smallest absolute Gasteiger partial charge is 0.355 e. The zero-order chi connectivity index (χ0) is 26.1. The molecule has 2 aliphatic rings. The number of nitrogen functional groups attached to an aromatic ring is 1. The van der Waals surface area contributed by atoms with Crippen LogP contribution in [0.3, 0.4) is 0 Å². The van der Waals surface area contributed by atoms with Gasteiger partial charge in [-0.25, -0.2) is 9.78 Å². The van der Waals surface area contributed by atoms with Gasteiger partial charge >= 0.3 is 5.97 Å². The quantitative estimate of drug-likeness (QED) is 0.144. The number of β-lactam (4-membered cyclic amide) rings is 1. The van der Waals surface area contributed by atoms with Gasteiger partial charge in [-0.2, -0.15) is 0 Å². The topological polar surface area (TPSA) is 174 Å². The normalized spacial score (nSPS) is 21.2.